The molecule has 154 valence electrons. The second kappa shape index (κ2) is 7.70. The molecule has 1 aliphatic rings. The van der Waals surface area contributed by atoms with Gasteiger partial charge in [0.15, 0.2) is 0 Å². The second-order valence-corrected chi connectivity index (χ2v) is 8.82. The fourth-order valence-corrected chi connectivity index (χ4v) is 4.02. The molecule has 0 spiro atoms. The number of carbonyl (C=O) groups excluding carboxylic acids is 1. The van der Waals surface area contributed by atoms with Gasteiger partial charge in [-0.15, -0.1) is 4.40 Å². The van der Waals surface area contributed by atoms with E-state index in [1.54, 1.807) is 44.2 Å². The first-order valence-electron chi connectivity index (χ1n) is 8.76. The Morgan fingerprint density at radius 3 is 2.76 bits per heavy atom. The molecule has 2 heterocycles. The predicted molar refractivity (Wildman–Crippen MR) is 108 cm³/mol. The highest BCUT2D eigenvalue weighted by Crippen LogP contribution is 2.28. The van der Waals surface area contributed by atoms with Crippen LogP contribution in [0.2, 0.25) is 0 Å². The van der Waals surface area contributed by atoms with Crippen molar-refractivity contribution >= 4 is 21.8 Å². The van der Waals surface area contributed by atoms with Crippen LogP contribution in [0.15, 0.2) is 40.9 Å². The van der Waals surface area contributed by atoms with Crippen LogP contribution in [-0.4, -0.2) is 44.4 Å². The summed E-state index contributed by atoms with van der Waals surface area (Å²) in [6, 6.07) is 8.30. The van der Waals surface area contributed by atoms with Crippen molar-refractivity contribution < 1.29 is 22.7 Å². The van der Waals surface area contributed by atoms with Crippen LogP contribution in [0.4, 0.5) is 0 Å². The summed E-state index contributed by atoms with van der Waals surface area (Å²) in [4.78, 5) is 16.6. The van der Waals surface area contributed by atoms with Crippen LogP contribution in [0.5, 0.6) is 11.6 Å². The number of methoxy groups -OCH3 is 1. The maximum atomic E-state index is 12.6. The summed E-state index contributed by atoms with van der Waals surface area (Å²) in [5, 5.41) is 2.88. The fourth-order valence-electron chi connectivity index (χ4n) is 2.93. The Kier molecular flexibility index (Phi) is 5.47. The lowest BCUT2D eigenvalue weighted by molar-refractivity contribution is 0.0877. The first-order chi connectivity index (χ1) is 13.6. The number of aromatic nitrogens is 1. The van der Waals surface area contributed by atoms with Crippen LogP contribution >= 0.6 is 0 Å². The van der Waals surface area contributed by atoms with Gasteiger partial charge in [-0.25, -0.2) is 13.4 Å². The minimum Gasteiger partial charge on any atom is -0.490 e. The van der Waals surface area contributed by atoms with Gasteiger partial charge >= 0.3 is 0 Å². The van der Waals surface area contributed by atoms with E-state index in [1.165, 1.54) is 13.3 Å². The van der Waals surface area contributed by atoms with Gasteiger partial charge in [-0.3, -0.25) is 4.79 Å². The normalized spacial score (nSPS) is 15.1. The number of fused-ring (bicyclic) bond motifs is 1. The molecule has 1 aromatic carbocycles. The number of hydrogen-bond acceptors (Lipinski definition) is 7. The molecule has 0 atom stereocenters. The zero-order valence-corrected chi connectivity index (χ0v) is 17.1. The zero-order chi connectivity index (χ0) is 21.2. The lowest BCUT2D eigenvalue weighted by atomic mass is 10.0. The summed E-state index contributed by atoms with van der Waals surface area (Å²) < 4.78 is 38.1. The van der Waals surface area contributed by atoms with Gasteiger partial charge in [0, 0.05) is 6.20 Å². The van der Waals surface area contributed by atoms with Gasteiger partial charge in [-0.05, 0) is 37.6 Å². The van der Waals surface area contributed by atoms with Crippen LogP contribution in [0, 0.1) is 0 Å². The molecular formula is C19H22N4O5S. The van der Waals surface area contributed by atoms with Crippen molar-refractivity contribution in [3.63, 3.8) is 0 Å². The first kappa shape index (κ1) is 20.6. The van der Waals surface area contributed by atoms with E-state index >= 15 is 0 Å². The monoisotopic (exact) mass is 418 g/mol. The molecule has 0 radical (unpaired) electrons. The number of carbonyl (C=O) groups is 1. The number of amidine groups is 1. The smallest absolute Gasteiger partial charge is 0.259 e. The topological polar surface area (TPSA) is 133 Å². The zero-order valence-electron chi connectivity index (χ0n) is 16.3. The lowest BCUT2D eigenvalue weighted by Crippen LogP contribution is -2.48. The summed E-state index contributed by atoms with van der Waals surface area (Å²) in [6.45, 7) is 3.70. The maximum Gasteiger partial charge on any atom is 0.259 e. The molecule has 9 nitrogen and oxygen atoms in total. The SMILES string of the molecule is COc1ncccc1C(=O)NC(C)(C)COc1cccc2c1C(N)=NS(=O)(=O)C2. The molecule has 0 bridgehead atoms. The predicted octanol–water partition coefficient (Wildman–Crippen LogP) is 1.23. The molecule has 1 aromatic heterocycles. The molecule has 2 aromatic rings. The second-order valence-electron chi connectivity index (χ2n) is 7.18. The van der Waals surface area contributed by atoms with Crippen molar-refractivity contribution in [2.24, 2.45) is 10.1 Å². The fraction of sp³-hybridized carbons (Fsp3) is 0.316. The average Bonchev–Trinajstić information content (AvgIpc) is 2.64. The molecule has 0 fully saturated rings. The molecule has 3 rings (SSSR count). The van der Waals surface area contributed by atoms with Gasteiger partial charge in [-0.2, -0.15) is 0 Å². The Labute approximate surface area is 169 Å². The van der Waals surface area contributed by atoms with Gasteiger partial charge in [0.2, 0.25) is 5.88 Å². The summed E-state index contributed by atoms with van der Waals surface area (Å²) >= 11 is 0. The Hall–Kier alpha value is -3.14. The number of benzene rings is 1. The molecule has 1 aliphatic heterocycles. The minimum atomic E-state index is -3.63. The number of sulfonamides is 1. The lowest BCUT2D eigenvalue weighted by Gasteiger charge is -2.27. The molecular weight excluding hydrogens is 396 g/mol. The molecule has 1 amide bonds. The van der Waals surface area contributed by atoms with Crippen LogP contribution in [0.25, 0.3) is 0 Å². The van der Waals surface area contributed by atoms with E-state index in [2.05, 4.69) is 14.7 Å². The van der Waals surface area contributed by atoms with E-state index in [1.807, 2.05) is 0 Å². The molecule has 0 aliphatic carbocycles. The van der Waals surface area contributed by atoms with E-state index in [-0.39, 0.29) is 30.0 Å². The third-order valence-electron chi connectivity index (χ3n) is 4.19. The number of nitrogens with two attached hydrogens (primary N) is 1. The van der Waals surface area contributed by atoms with Gasteiger partial charge < -0.3 is 20.5 Å². The van der Waals surface area contributed by atoms with Crippen molar-refractivity contribution in [3.05, 3.63) is 53.2 Å². The van der Waals surface area contributed by atoms with E-state index in [0.717, 1.165) is 0 Å². The number of rotatable bonds is 6. The highest BCUT2D eigenvalue weighted by Gasteiger charge is 2.28. The third-order valence-corrected chi connectivity index (χ3v) is 5.34. The Morgan fingerprint density at radius 2 is 2.03 bits per heavy atom. The minimum absolute atomic E-state index is 0.108. The largest absolute Gasteiger partial charge is 0.490 e. The Bertz CT molecular complexity index is 1080. The van der Waals surface area contributed by atoms with Gasteiger partial charge in [0.25, 0.3) is 15.9 Å². The summed E-state index contributed by atoms with van der Waals surface area (Å²) in [7, 11) is -2.18. The van der Waals surface area contributed by atoms with Crippen LogP contribution in [0.1, 0.15) is 35.3 Å². The molecule has 29 heavy (non-hydrogen) atoms. The first-order valence-corrected chi connectivity index (χ1v) is 10.4. The number of nitrogens with zero attached hydrogens (tertiary/aromatic N) is 2. The molecule has 0 saturated carbocycles. The van der Waals surface area contributed by atoms with Crippen molar-refractivity contribution in [1.29, 1.82) is 0 Å². The molecule has 0 unspecified atom stereocenters. The number of amides is 1. The quantitative estimate of drug-likeness (QED) is 0.721. The average molecular weight is 418 g/mol. The molecule has 10 heteroatoms. The van der Waals surface area contributed by atoms with E-state index < -0.39 is 15.6 Å². The van der Waals surface area contributed by atoms with E-state index in [9.17, 15) is 13.2 Å². The number of pyridine rings is 1. The summed E-state index contributed by atoms with van der Waals surface area (Å²) in [6.07, 6.45) is 1.54. The van der Waals surface area contributed by atoms with Crippen molar-refractivity contribution in [1.82, 2.24) is 10.3 Å². The van der Waals surface area contributed by atoms with Crippen LogP contribution in [0.3, 0.4) is 0 Å². The third kappa shape index (κ3) is 4.65. The molecule has 0 saturated heterocycles. The Morgan fingerprint density at radius 1 is 1.28 bits per heavy atom. The van der Waals surface area contributed by atoms with Gasteiger partial charge in [0.1, 0.15) is 23.8 Å². The highest BCUT2D eigenvalue weighted by atomic mass is 32.2. The maximum absolute atomic E-state index is 12.6. The molecule has 3 N–H and O–H groups in total. The number of nitrogens with one attached hydrogen (secondary N) is 1. The van der Waals surface area contributed by atoms with Gasteiger partial charge in [0.05, 0.1) is 24.0 Å². The van der Waals surface area contributed by atoms with E-state index in [0.29, 0.717) is 22.4 Å². The van der Waals surface area contributed by atoms with E-state index in [4.69, 9.17) is 15.2 Å². The van der Waals surface area contributed by atoms with Crippen LogP contribution in [-0.2, 0) is 15.8 Å². The highest BCUT2D eigenvalue weighted by molar-refractivity contribution is 7.89. The standard InChI is InChI=1S/C19H22N4O5S/c1-19(2,22-17(24)13-7-5-9-21-18(13)27-3)11-28-14-8-4-6-12-10-29(25,26)23-16(20)15(12)14/h4-9H,10-11H2,1-3H3,(H2,20,23)(H,22,24). The van der Waals surface area contributed by atoms with Crippen molar-refractivity contribution in [2.75, 3.05) is 13.7 Å². The summed E-state index contributed by atoms with van der Waals surface area (Å²) in [5.74, 6) is -0.0696. The van der Waals surface area contributed by atoms with Crippen molar-refractivity contribution in [2.45, 2.75) is 25.1 Å². The summed E-state index contributed by atoms with van der Waals surface area (Å²) in [5.41, 5.74) is 6.38. The Balaban J connectivity index is 1.76. The van der Waals surface area contributed by atoms with Crippen molar-refractivity contribution in [3.8, 4) is 11.6 Å². The number of hydrogen-bond donors (Lipinski definition) is 2. The van der Waals surface area contributed by atoms with Gasteiger partial charge in [-0.1, -0.05) is 12.1 Å². The number of ether oxygens (including phenoxy) is 2. The van der Waals surface area contributed by atoms with Crippen LogP contribution < -0.4 is 20.5 Å².